The molecule has 0 aliphatic carbocycles. The number of anilines is 1. The van der Waals surface area contributed by atoms with Crippen LogP contribution < -0.4 is 21.5 Å². The van der Waals surface area contributed by atoms with Gasteiger partial charge < -0.3 is 10.6 Å². The Morgan fingerprint density at radius 1 is 1.16 bits per heavy atom. The molecule has 3 N–H and O–H groups in total. The van der Waals surface area contributed by atoms with Gasteiger partial charge in [0.25, 0.3) is 11.5 Å². The Bertz CT molecular complexity index is 1290. The minimum Gasteiger partial charge on any atom is -0.334 e. The number of imide groups is 1. The minimum atomic E-state index is -0.912. The van der Waals surface area contributed by atoms with E-state index in [1.807, 2.05) is 0 Å². The second-order valence-electron chi connectivity index (χ2n) is 7.06. The molecule has 0 radical (unpaired) electrons. The summed E-state index contributed by atoms with van der Waals surface area (Å²) in [5.41, 5.74) is 0.736. The number of para-hydroxylation sites is 1. The van der Waals surface area contributed by atoms with Gasteiger partial charge in [-0.15, -0.1) is 5.10 Å². The molecule has 32 heavy (non-hydrogen) atoms. The standard InChI is InChI=1S/C20H16Cl2N6O4/c21-12-2-1-3-13(22)17(12)25-20(32)23-9-10-4-5-14-11(8-10)19(31)28(27-26-14)15-6-7-16(29)24-18(15)30/h1-5,8,15H,6-7,9H2,(H2,23,25,32)(H,24,29,30). The van der Waals surface area contributed by atoms with Gasteiger partial charge in [-0.05, 0) is 36.2 Å². The number of hydrogen-bond acceptors (Lipinski definition) is 6. The predicted octanol–water partition coefficient (Wildman–Crippen LogP) is 2.40. The van der Waals surface area contributed by atoms with E-state index in [1.165, 1.54) is 0 Å². The third kappa shape index (κ3) is 4.41. The monoisotopic (exact) mass is 474 g/mol. The Hall–Kier alpha value is -3.50. The Labute approximate surface area is 190 Å². The molecule has 1 unspecified atom stereocenters. The van der Waals surface area contributed by atoms with Crippen LogP contribution in [0.1, 0.15) is 24.4 Å². The van der Waals surface area contributed by atoms with Gasteiger partial charge in [-0.25, -0.2) is 4.79 Å². The van der Waals surface area contributed by atoms with Gasteiger partial charge in [0.05, 0.1) is 21.1 Å². The van der Waals surface area contributed by atoms with E-state index in [0.29, 0.717) is 21.1 Å². The molecule has 10 nitrogen and oxygen atoms in total. The fourth-order valence-electron chi connectivity index (χ4n) is 3.29. The third-order valence-electron chi connectivity index (χ3n) is 4.91. The summed E-state index contributed by atoms with van der Waals surface area (Å²) in [6.07, 6.45) is 0.272. The summed E-state index contributed by atoms with van der Waals surface area (Å²) < 4.78 is 0.980. The molecule has 1 aliphatic heterocycles. The van der Waals surface area contributed by atoms with E-state index in [-0.39, 0.29) is 30.5 Å². The smallest absolute Gasteiger partial charge is 0.319 e. The fraction of sp³-hybridized carbons (Fsp3) is 0.200. The van der Waals surface area contributed by atoms with Crippen molar-refractivity contribution in [3.8, 4) is 0 Å². The summed E-state index contributed by atoms with van der Waals surface area (Å²) in [4.78, 5) is 48.6. The molecule has 1 aromatic heterocycles. The summed E-state index contributed by atoms with van der Waals surface area (Å²) >= 11 is 12.1. The van der Waals surface area contributed by atoms with Crippen LogP contribution in [-0.4, -0.2) is 32.8 Å². The molecular weight excluding hydrogens is 459 g/mol. The predicted molar refractivity (Wildman–Crippen MR) is 118 cm³/mol. The number of fused-ring (bicyclic) bond motifs is 1. The average molecular weight is 475 g/mol. The van der Waals surface area contributed by atoms with Crippen molar-refractivity contribution in [1.82, 2.24) is 25.6 Å². The van der Waals surface area contributed by atoms with Gasteiger partial charge in [0, 0.05) is 13.0 Å². The molecule has 0 spiro atoms. The lowest BCUT2D eigenvalue weighted by molar-refractivity contribution is -0.136. The molecule has 4 amide bonds. The molecular formula is C20H16Cl2N6O4. The summed E-state index contributed by atoms with van der Waals surface area (Å²) in [7, 11) is 0. The number of urea groups is 1. The van der Waals surface area contributed by atoms with Crippen LogP contribution in [0.15, 0.2) is 41.2 Å². The molecule has 12 heteroatoms. The number of benzene rings is 2. The maximum atomic E-state index is 12.9. The zero-order valence-electron chi connectivity index (χ0n) is 16.4. The van der Waals surface area contributed by atoms with Crippen LogP contribution in [0, 0.1) is 0 Å². The molecule has 3 aromatic rings. The van der Waals surface area contributed by atoms with Crippen molar-refractivity contribution in [2.45, 2.75) is 25.4 Å². The van der Waals surface area contributed by atoms with Crippen LogP contribution in [0.3, 0.4) is 0 Å². The number of carbonyl (C=O) groups is 3. The SMILES string of the molecule is O=C1CCC(n2nnc3ccc(CNC(=O)Nc4c(Cl)cccc4Cl)cc3c2=O)C(=O)N1. The molecule has 1 atom stereocenters. The number of nitrogens with zero attached hydrogens (tertiary/aromatic N) is 3. The van der Waals surface area contributed by atoms with Gasteiger partial charge in [-0.1, -0.05) is 40.5 Å². The quantitative estimate of drug-likeness (QED) is 0.496. The molecule has 1 fully saturated rings. The van der Waals surface area contributed by atoms with E-state index in [2.05, 4.69) is 26.3 Å². The van der Waals surface area contributed by atoms with Crippen LogP contribution in [-0.2, 0) is 16.1 Å². The highest BCUT2D eigenvalue weighted by Gasteiger charge is 2.30. The first-order valence-electron chi connectivity index (χ1n) is 9.54. The van der Waals surface area contributed by atoms with Gasteiger partial charge in [0.1, 0.15) is 11.6 Å². The van der Waals surface area contributed by atoms with Crippen LogP contribution in [0.4, 0.5) is 10.5 Å². The van der Waals surface area contributed by atoms with Crippen molar-refractivity contribution < 1.29 is 14.4 Å². The van der Waals surface area contributed by atoms with Crippen LogP contribution in [0.25, 0.3) is 10.9 Å². The van der Waals surface area contributed by atoms with E-state index in [1.54, 1.807) is 36.4 Å². The van der Waals surface area contributed by atoms with Crippen molar-refractivity contribution in [3.05, 3.63) is 62.4 Å². The molecule has 164 valence electrons. The molecule has 1 aliphatic rings. The molecule has 2 aromatic carbocycles. The maximum absolute atomic E-state index is 12.9. The number of rotatable bonds is 4. The number of aromatic nitrogens is 3. The zero-order valence-corrected chi connectivity index (χ0v) is 17.9. The van der Waals surface area contributed by atoms with Crippen LogP contribution in [0.5, 0.6) is 0 Å². The van der Waals surface area contributed by atoms with E-state index >= 15 is 0 Å². The number of hydrogen-bond donors (Lipinski definition) is 3. The van der Waals surface area contributed by atoms with E-state index in [0.717, 1.165) is 4.68 Å². The Morgan fingerprint density at radius 3 is 2.62 bits per heavy atom. The van der Waals surface area contributed by atoms with Gasteiger partial charge >= 0.3 is 6.03 Å². The summed E-state index contributed by atoms with van der Waals surface area (Å²) in [6.45, 7) is 0.101. The Balaban J connectivity index is 1.52. The zero-order chi connectivity index (χ0) is 22.8. The number of amides is 4. The maximum Gasteiger partial charge on any atom is 0.319 e. The van der Waals surface area contributed by atoms with Crippen molar-refractivity contribution >= 4 is 57.6 Å². The molecule has 0 saturated carbocycles. The van der Waals surface area contributed by atoms with Gasteiger partial charge in [0.2, 0.25) is 5.91 Å². The molecule has 2 heterocycles. The number of nitrogens with one attached hydrogen (secondary N) is 3. The second-order valence-corrected chi connectivity index (χ2v) is 7.88. The van der Waals surface area contributed by atoms with E-state index < -0.39 is 29.4 Å². The second kappa shape index (κ2) is 8.93. The first kappa shape index (κ1) is 21.7. The lowest BCUT2D eigenvalue weighted by atomic mass is 10.1. The normalized spacial score (nSPS) is 16.0. The van der Waals surface area contributed by atoms with E-state index in [9.17, 15) is 19.2 Å². The Kier molecular flexibility index (Phi) is 6.06. The molecule has 0 bridgehead atoms. The van der Waals surface area contributed by atoms with Crippen molar-refractivity contribution in [3.63, 3.8) is 0 Å². The van der Waals surface area contributed by atoms with Gasteiger partial charge in [-0.2, -0.15) is 4.68 Å². The van der Waals surface area contributed by atoms with Gasteiger partial charge in [-0.3, -0.25) is 19.7 Å². The summed E-state index contributed by atoms with van der Waals surface area (Å²) in [5, 5.41) is 16.1. The first-order chi connectivity index (χ1) is 15.3. The lowest BCUT2D eigenvalue weighted by Gasteiger charge is -2.21. The largest absolute Gasteiger partial charge is 0.334 e. The van der Waals surface area contributed by atoms with Crippen molar-refractivity contribution in [2.24, 2.45) is 0 Å². The number of halogens is 2. The van der Waals surface area contributed by atoms with Crippen LogP contribution >= 0.6 is 23.2 Å². The highest BCUT2D eigenvalue weighted by Crippen LogP contribution is 2.29. The first-order valence-corrected chi connectivity index (χ1v) is 10.3. The Morgan fingerprint density at radius 2 is 1.91 bits per heavy atom. The molecule has 1 saturated heterocycles. The van der Waals surface area contributed by atoms with Crippen molar-refractivity contribution in [2.75, 3.05) is 5.32 Å². The molecule has 4 rings (SSSR count). The average Bonchev–Trinajstić information content (AvgIpc) is 2.76. The number of carbonyl (C=O) groups excluding carboxylic acids is 3. The third-order valence-corrected chi connectivity index (χ3v) is 5.54. The number of piperidine rings is 1. The summed E-state index contributed by atoms with van der Waals surface area (Å²) in [5.74, 6) is -0.984. The lowest BCUT2D eigenvalue weighted by Crippen LogP contribution is -2.45. The topological polar surface area (TPSA) is 135 Å². The van der Waals surface area contributed by atoms with E-state index in [4.69, 9.17) is 23.2 Å². The summed E-state index contributed by atoms with van der Waals surface area (Å²) in [6, 6.07) is 8.26. The highest BCUT2D eigenvalue weighted by molar-refractivity contribution is 6.39. The van der Waals surface area contributed by atoms with Gasteiger partial charge in [0.15, 0.2) is 0 Å². The van der Waals surface area contributed by atoms with Crippen LogP contribution in [0.2, 0.25) is 10.0 Å². The van der Waals surface area contributed by atoms with Crippen molar-refractivity contribution in [1.29, 1.82) is 0 Å². The minimum absolute atomic E-state index is 0.101. The fourth-order valence-corrected chi connectivity index (χ4v) is 3.78. The highest BCUT2D eigenvalue weighted by atomic mass is 35.5.